The Morgan fingerprint density at radius 2 is 1.33 bits per heavy atom. The highest BCUT2D eigenvalue weighted by Crippen LogP contribution is 2.24. The molecule has 0 atom stereocenters. The summed E-state index contributed by atoms with van der Waals surface area (Å²) in [6.07, 6.45) is -0.749. The molecule has 0 spiro atoms. The number of nitrogens with one attached hydrogen (secondary N) is 1. The van der Waals surface area contributed by atoms with Gasteiger partial charge >= 0.3 is 6.09 Å². The summed E-state index contributed by atoms with van der Waals surface area (Å²) in [6, 6.07) is 30.3. The van der Waals surface area contributed by atoms with Crippen LogP contribution in [0, 0.1) is 13.8 Å². The van der Waals surface area contributed by atoms with E-state index < -0.39 is 28.5 Å². The molecule has 0 aromatic heterocycles. The number of sulfonamides is 1. The fourth-order valence-electron chi connectivity index (χ4n) is 4.06. The second-order valence-corrected chi connectivity index (χ2v) is 11.1. The molecule has 0 heterocycles. The first-order valence-corrected chi connectivity index (χ1v) is 13.9. The summed E-state index contributed by atoms with van der Waals surface area (Å²) < 4.78 is 34.0. The Labute approximate surface area is 229 Å². The van der Waals surface area contributed by atoms with E-state index in [1.165, 1.54) is 22.5 Å². The monoisotopic (exact) mass is 542 g/mol. The van der Waals surface area contributed by atoms with Gasteiger partial charge in [-0.25, -0.2) is 13.2 Å². The molecule has 0 saturated carbocycles. The Balaban J connectivity index is 1.48. The lowest BCUT2D eigenvalue weighted by Gasteiger charge is -2.23. The van der Waals surface area contributed by atoms with Crippen molar-refractivity contribution in [1.29, 1.82) is 0 Å². The minimum atomic E-state index is -3.90. The van der Waals surface area contributed by atoms with E-state index in [0.717, 1.165) is 16.7 Å². The molecule has 4 aromatic carbocycles. The Hall–Kier alpha value is -4.27. The molecule has 39 heavy (non-hydrogen) atoms. The first kappa shape index (κ1) is 27.8. The highest BCUT2D eigenvalue weighted by Gasteiger charge is 2.26. The summed E-state index contributed by atoms with van der Waals surface area (Å²) in [5.74, 6) is -0.430. The van der Waals surface area contributed by atoms with Crippen molar-refractivity contribution in [3.63, 3.8) is 0 Å². The van der Waals surface area contributed by atoms with Gasteiger partial charge in [0, 0.05) is 24.3 Å². The first-order valence-electron chi connectivity index (χ1n) is 12.4. The summed E-state index contributed by atoms with van der Waals surface area (Å²) >= 11 is 0. The zero-order chi connectivity index (χ0) is 27.8. The molecule has 0 fully saturated rings. The number of hydrogen-bond acceptors (Lipinski definition) is 5. The molecule has 0 aliphatic carbocycles. The molecule has 0 unspecified atom stereocenters. The van der Waals surface area contributed by atoms with Gasteiger partial charge in [-0.05, 0) is 60.9 Å². The van der Waals surface area contributed by atoms with E-state index in [-0.39, 0.29) is 23.5 Å². The molecule has 0 bridgehead atoms. The maximum absolute atomic E-state index is 13.7. The normalized spacial score (nSPS) is 11.3. The van der Waals surface area contributed by atoms with Gasteiger partial charge in [0.15, 0.2) is 6.61 Å². The highest BCUT2D eigenvalue weighted by molar-refractivity contribution is 7.89. The van der Waals surface area contributed by atoms with Gasteiger partial charge in [-0.3, -0.25) is 10.1 Å². The summed E-state index contributed by atoms with van der Waals surface area (Å²) in [5, 5.41) is 2.57. The minimum absolute atomic E-state index is 0.0847. The maximum atomic E-state index is 13.7. The summed E-state index contributed by atoms with van der Waals surface area (Å²) in [7, 11) is -3.90. The predicted molar refractivity (Wildman–Crippen MR) is 151 cm³/mol. The lowest BCUT2D eigenvalue weighted by atomic mass is 10.1. The molecule has 8 heteroatoms. The van der Waals surface area contributed by atoms with Gasteiger partial charge in [-0.1, -0.05) is 78.4 Å². The smallest absolute Gasteiger partial charge is 0.412 e. The standard InChI is InChI=1S/C31H30N2O5S/c1-23-13-15-27(16-14-23)32-31(35)38-22-30(34)29-18-17-28(19-24(29)2)39(36,37)33(20-25-9-5-3-6-10-25)21-26-11-7-4-8-12-26/h3-19H,20-22H2,1-2H3,(H,32,35). The van der Waals surface area contributed by atoms with Crippen LogP contribution < -0.4 is 5.32 Å². The molecule has 1 N–H and O–H groups in total. The lowest BCUT2D eigenvalue weighted by molar-refractivity contribution is 0.0863. The third-order valence-corrected chi connectivity index (χ3v) is 7.96. The molecule has 4 rings (SSSR count). The van der Waals surface area contributed by atoms with Crippen LogP contribution >= 0.6 is 0 Å². The zero-order valence-electron chi connectivity index (χ0n) is 21.8. The Bertz CT molecular complexity index is 1500. The van der Waals surface area contributed by atoms with Crippen LogP contribution in [0.4, 0.5) is 10.5 Å². The van der Waals surface area contributed by atoms with Gasteiger partial charge in [0.1, 0.15) is 0 Å². The molecule has 0 aliphatic rings. The van der Waals surface area contributed by atoms with Crippen molar-refractivity contribution in [2.24, 2.45) is 0 Å². The van der Waals surface area contributed by atoms with Crippen LogP contribution in [0.25, 0.3) is 0 Å². The average molecular weight is 543 g/mol. The molecule has 0 aliphatic heterocycles. The van der Waals surface area contributed by atoms with Gasteiger partial charge in [0.05, 0.1) is 4.90 Å². The van der Waals surface area contributed by atoms with Crippen LogP contribution in [0.2, 0.25) is 0 Å². The van der Waals surface area contributed by atoms with Gasteiger partial charge in [0.25, 0.3) is 0 Å². The number of Topliss-reactive ketones (excluding diaryl/α,β-unsaturated/α-hetero) is 1. The van der Waals surface area contributed by atoms with Crippen LogP contribution in [0.15, 0.2) is 108 Å². The average Bonchev–Trinajstić information content (AvgIpc) is 2.93. The molecule has 7 nitrogen and oxygen atoms in total. The predicted octanol–water partition coefficient (Wildman–Crippen LogP) is 6.13. The van der Waals surface area contributed by atoms with E-state index in [0.29, 0.717) is 11.3 Å². The number of nitrogens with zero attached hydrogens (tertiary/aromatic N) is 1. The molecule has 0 radical (unpaired) electrons. The first-order chi connectivity index (χ1) is 18.7. The fourth-order valence-corrected chi connectivity index (χ4v) is 5.56. The number of aryl methyl sites for hydroxylation is 2. The van der Waals surface area contributed by atoms with Crippen molar-refractivity contribution in [2.75, 3.05) is 11.9 Å². The van der Waals surface area contributed by atoms with Crippen LogP contribution in [0.1, 0.15) is 32.6 Å². The number of carbonyl (C=O) groups excluding carboxylic acids is 2. The number of hydrogen-bond donors (Lipinski definition) is 1. The SMILES string of the molecule is Cc1ccc(NC(=O)OCC(=O)c2ccc(S(=O)(=O)N(Cc3ccccc3)Cc3ccccc3)cc2C)cc1. The summed E-state index contributed by atoms with van der Waals surface area (Å²) in [6.45, 7) is 3.52. The molecule has 0 saturated heterocycles. The number of benzene rings is 4. The van der Waals surface area contributed by atoms with Gasteiger partial charge < -0.3 is 4.74 Å². The van der Waals surface area contributed by atoms with Gasteiger partial charge in [-0.2, -0.15) is 4.31 Å². The number of ether oxygens (including phenoxy) is 1. The van der Waals surface area contributed by atoms with Crippen LogP contribution in [0.3, 0.4) is 0 Å². The Morgan fingerprint density at radius 3 is 1.87 bits per heavy atom. The number of amides is 1. The van der Waals surface area contributed by atoms with E-state index in [9.17, 15) is 18.0 Å². The van der Waals surface area contributed by atoms with Crippen LogP contribution in [0.5, 0.6) is 0 Å². The minimum Gasteiger partial charge on any atom is -0.441 e. The second-order valence-electron chi connectivity index (χ2n) is 9.21. The van der Waals surface area contributed by atoms with Crippen LogP contribution in [-0.2, 0) is 27.8 Å². The fraction of sp³-hybridized carbons (Fsp3) is 0.161. The number of ketones is 1. The van der Waals surface area contributed by atoms with Crippen molar-refractivity contribution >= 4 is 27.6 Å². The van der Waals surface area contributed by atoms with Crippen molar-refractivity contribution in [1.82, 2.24) is 4.31 Å². The van der Waals surface area contributed by atoms with E-state index in [1.807, 2.05) is 79.7 Å². The summed E-state index contributed by atoms with van der Waals surface area (Å²) in [5.41, 5.74) is 4.09. The maximum Gasteiger partial charge on any atom is 0.412 e. The lowest BCUT2D eigenvalue weighted by Crippen LogP contribution is -2.30. The van der Waals surface area contributed by atoms with E-state index in [4.69, 9.17) is 4.74 Å². The Kier molecular flexibility index (Phi) is 8.91. The highest BCUT2D eigenvalue weighted by atomic mass is 32.2. The van der Waals surface area contributed by atoms with E-state index >= 15 is 0 Å². The van der Waals surface area contributed by atoms with Gasteiger partial charge in [0.2, 0.25) is 15.8 Å². The molecule has 1 amide bonds. The van der Waals surface area contributed by atoms with Crippen molar-refractivity contribution in [3.8, 4) is 0 Å². The number of carbonyl (C=O) groups is 2. The largest absolute Gasteiger partial charge is 0.441 e. The molecular weight excluding hydrogens is 512 g/mol. The number of rotatable bonds is 10. The quantitative estimate of drug-likeness (QED) is 0.244. The van der Waals surface area contributed by atoms with Crippen molar-refractivity contribution in [3.05, 3.63) is 131 Å². The third-order valence-electron chi connectivity index (χ3n) is 6.17. The van der Waals surface area contributed by atoms with Crippen molar-refractivity contribution < 1.29 is 22.7 Å². The van der Waals surface area contributed by atoms with E-state index in [1.54, 1.807) is 19.1 Å². The van der Waals surface area contributed by atoms with E-state index in [2.05, 4.69) is 5.32 Å². The zero-order valence-corrected chi connectivity index (χ0v) is 22.6. The molecular formula is C31H30N2O5S. The Morgan fingerprint density at radius 1 is 0.769 bits per heavy atom. The van der Waals surface area contributed by atoms with Crippen molar-refractivity contribution in [2.45, 2.75) is 31.8 Å². The second kappa shape index (κ2) is 12.5. The van der Waals surface area contributed by atoms with Gasteiger partial charge in [-0.15, -0.1) is 0 Å². The topological polar surface area (TPSA) is 92.8 Å². The molecule has 4 aromatic rings. The number of anilines is 1. The summed E-state index contributed by atoms with van der Waals surface area (Å²) in [4.78, 5) is 25.0. The third kappa shape index (κ3) is 7.40. The molecule has 200 valence electrons. The van der Waals surface area contributed by atoms with Crippen LogP contribution in [-0.4, -0.2) is 31.2 Å².